The predicted molar refractivity (Wildman–Crippen MR) is 65.4 cm³/mol. The maximum atomic E-state index is 12.5. The van der Waals surface area contributed by atoms with E-state index in [9.17, 15) is 13.2 Å². The van der Waals surface area contributed by atoms with Gasteiger partial charge in [-0.1, -0.05) is 19.1 Å². The second kappa shape index (κ2) is 5.03. The number of nitrogens with zero attached hydrogens (tertiary/aromatic N) is 3. The zero-order valence-electron chi connectivity index (χ0n) is 10.7. The SMILES string of the molecule is CCCc1nc(-c2ccc(C(F)(F)F)cc2)n(C)n1. The Morgan fingerprint density at radius 1 is 1.16 bits per heavy atom. The second-order valence-corrected chi connectivity index (χ2v) is 4.30. The first kappa shape index (κ1) is 13.6. The number of halogens is 3. The Bertz CT molecular complexity index is 556. The van der Waals surface area contributed by atoms with Crippen molar-refractivity contribution in [2.45, 2.75) is 25.9 Å². The summed E-state index contributed by atoms with van der Waals surface area (Å²) in [6, 6.07) is 4.96. The number of hydrogen-bond donors (Lipinski definition) is 0. The molecule has 0 aliphatic carbocycles. The fraction of sp³-hybridized carbons (Fsp3) is 0.385. The van der Waals surface area contributed by atoms with Gasteiger partial charge < -0.3 is 0 Å². The zero-order chi connectivity index (χ0) is 14.0. The molecule has 1 heterocycles. The van der Waals surface area contributed by atoms with Crippen LogP contribution in [-0.2, 0) is 19.6 Å². The van der Waals surface area contributed by atoms with Crippen molar-refractivity contribution in [2.75, 3.05) is 0 Å². The van der Waals surface area contributed by atoms with Gasteiger partial charge >= 0.3 is 6.18 Å². The molecule has 0 fully saturated rings. The third-order valence-corrected chi connectivity index (χ3v) is 2.75. The van der Waals surface area contributed by atoms with Gasteiger partial charge in [-0.3, -0.25) is 0 Å². The van der Waals surface area contributed by atoms with Gasteiger partial charge in [-0.15, -0.1) is 0 Å². The molecule has 0 atom stereocenters. The standard InChI is InChI=1S/C13H14F3N3/c1-3-4-11-17-12(19(2)18-11)9-5-7-10(8-6-9)13(14,15)16/h5-8H,3-4H2,1-2H3. The molecule has 2 aromatic rings. The summed E-state index contributed by atoms with van der Waals surface area (Å²) in [5.74, 6) is 1.29. The maximum Gasteiger partial charge on any atom is 0.416 e. The number of benzene rings is 1. The highest BCUT2D eigenvalue weighted by Gasteiger charge is 2.30. The molecule has 0 radical (unpaired) electrons. The van der Waals surface area contributed by atoms with Gasteiger partial charge in [0.05, 0.1) is 5.56 Å². The summed E-state index contributed by atoms with van der Waals surface area (Å²) >= 11 is 0. The molecule has 19 heavy (non-hydrogen) atoms. The van der Waals surface area contributed by atoms with Crippen LogP contribution in [0.3, 0.4) is 0 Å². The Morgan fingerprint density at radius 3 is 2.32 bits per heavy atom. The van der Waals surface area contributed by atoms with Gasteiger partial charge in [-0.2, -0.15) is 18.3 Å². The van der Waals surface area contributed by atoms with E-state index in [2.05, 4.69) is 10.1 Å². The highest BCUT2D eigenvalue weighted by atomic mass is 19.4. The quantitative estimate of drug-likeness (QED) is 0.854. The van der Waals surface area contributed by atoms with Crippen LogP contribution in [0.4, 0.5) is 13.2 Å². The molecule has 0 saturated heterocycles. The minimum absolute atomic E-state index is 0.581. The molecule has 3 nitrogen and oxygen atoms in total. The molecule has 0 aliphatic rings. The topological polar surface area (TPSA) is 30.7 Å². The van der Waals surface area contributed by atoms with Crippen LogP contribution in [0.1, 0.15) is 24.7 Å². The first-order chi connectivity index (χ1) is 8.91. The van der Waals surface area contributed by atoms with E-state index >= 15 is 0 Å². The molecule has 0 bridgehead atoms. The normalized spacial score (nSPS) is 11.8. The Hall–Kier alpha value is -1.85. The number of aryl methyl sites for hydroxylation is 2. The van der Waals surface area contributed by atoms with Crippen LogP contribution in [0.15, 0.2) is 24.3 Å². The average molecular weight is 269 g/mol. The highest BCUT2D eigenvalue weighted by Crippen LogP contribution is 2.30. The molecular formula is C13H14F3N3. The van der Waals surface area contributed by atoms with Crippen LogP contribution in [0.2, 0.25) is 0 Å². The van der Waals surface area contributed by atoms with Crippen molar-refractivity contribution in [2.24, 2.45) is 7.05 Å². The van der Waals surface area contributed by atoms with Gasteiger partial charge in [0, 0.05) is 19.0 Å². The Kier molecular flexibility index (Phi) is 3.59. The minimum Gasteiger partial charge on any atom is -0.249 e. The fourth-order valence-electron chi connectivity index (χ4n) is 1.83. The molecule has 1 aromatic carbocycles. The van der Waals surface area contributed by atoms with Gasteiger partial charge in [0.2, 0.25) is 0 Å². The van der Waals surface area contributed by atoms with E-state index in [1.807, 2.05) is 6.92 Å². The molecular weight excluding hydrogens is 255 g/mol. The summed E-state index contributed by atoms with van der Waals surface area (Å²) in [5, 5.41) is 4.23. The van der Waals surface area contributed by atoms with Crippen molar-refractivity contribution < 1.29 is 13.2 Å². The van der Waals surface area contributed by atoms with Crippen LogP contribution in [0.25, 0.3) is 11.4 Å². The van der Waals surface area contributed by atoms with E-state index in [0.717, 1.165) is 25.0 Å². The van der Waals surface area contributed by atoms with Crippen molar-refractivity contribution >= 4 is 0 Å². The lowest BCUT2D eigenvalue weighted by Crippen LogP contribution is -2.04. The predicted octanol–water partition coefficient (Wildman–Crippen LogP) is 3.45. The van der Waals surface area contributed by atoms with Crippen molar-refractivity contribution in [1.82, 2.24) is 14.8 Å². The van der Waals surface area contributed by atoms with E-state index in [1.54, 1.807) is 11.7 Å². The molecule has 1 aromatic heterocycles. The lowest BCUT2D eigenvalue weighted by molar-refractivity contribution is -0.137. The van der Waals surface area contributed by atoms with E-state index in [-0.39, 0.29) is 0 Å². The van der Waals surface area contributed by atoms with Crippen LogP contribution < -0.4 is 0 Å². The second-order valence-electron chi connectivity index (χ2n) is 4.30. The van der Waals surface area contributed by atoms with E-state index in [4.69, 9.17) is 0 Å². The fourth-order valence-corrected chi connectivity index (χ4v) is 1.83. The molecule has 6 heteroatoms. The maximum absolute atomic E-state index is 12.5. The number of rotatable bonds is 3. The van der Waals surface area contributed by atoms with Gasteiger partial charge in [0.25, 0.3) is 0 Å². The van der Waals surface area contributed by atoms with Gasteiger partial charge in [-0.05, 0) is 18.6 Å². The summed E-state index contributed by atoms with van der Waals surface area (Å²) < 4.78 is 39.0. The Balaban J connectivity index is 2.32. The monoisotopic (exact) mass is 269 g/mol. The summed E-state index contributed by atoms with van der Waals surface area (Å²) in [5.41, 5.74) is -0.0300. The smallest absolute Gasteiger partial charge is 0.249 e. The third kappa shape index (κ3) is 2.94. The van der Waals surface area contributed by atoms with Crippen LogP contribution in [0.5, 0.6) is 0 Å². The zero-order valence-corrected chi connectivity index (χ0v) is 10.7. The molecule has 0 unspecified atom stereocenters. The summed E-state index contributed by atoms with van der Waals surface area (Å²) in [6.45, 7) is 2.02. The van der Waals surface area contributed by atoms with Crippen molar-refractivity contribution in [3.63, 3.8) is 0 Å². The van der Waals surface area contributed by atoms with Gasteiger partial charge in [-0.25, -0.2) is 9.67 Å². The summed E-state index contributed by atoms with van der Waals surface area (Å²) in [7, 11) is 1.74. The average Bonchev–Trinajstić information content (AvgIpc) is 2.70. The first-order valence-electron chi connectivity index (χ1n) is 5.99. The number of aromatic nitrogens is 3. The van der Waals surface area contributed by atoms with Crippen molar-refractivity contribution in [3.8, 4) is 11.4 Å². The molecule has 0 aliphatic heterocycles. The van der Waals surface area contributed by atoms with E-state index in [1.165, 1.54) is 12.1 Å². The first-order valence-corrected chi connectivity index (χ1v) is 5.99. The lowest BCUT2D eigenvalue weighted by atomic mass is 10.1. The van der Waals surface area contributed by atoms with E-state index < -0.39 is 11.7 Å². The molecule has 0 spiro atoms. The molecule has 0 amide bonds. The van der Waals surface area contributed by atoms with Crippen molar-refractivity contribution in [1.29, 1.82) is 0 Å². The van der Waals surface area contributed by atoms with Gasteiger partial charge in [0.15, 0.2) is 11.6 Å². The molecule has 0 saturated carbocycles. The minimum atomic E-state index is -4.31. The van der Waals surface area contributed by atoms with Crippen LogP contribution >= 0.6 is 0 Å². The molecule has 0 N–H and O–H groups in total. The van der Waals surface area contributed by atoms with E-state index in [0.29, 0.717) is 17.2 Å². The highest BCUT2D eigenvalue weighted by molar-refractivity contribution is 5.55. The Morgan fingerprint density at radius 2 is 1.79 bits per heavy atom. The third-order valence-electron chi connectivity index (χ3n) is 2.75. The molecule has 102 valence electrons. The number of hydrogen-bond acceptors (Lipinski definition) is 2. The Labute approximate surface area is 109 Å². The van der Waals surface area contributed by atoms with Crippen LogP contribution in [-0.4, -0.2) is 14.8 Å². The summed E-state index contributed by atoms with van der Waals surface area (Å²) in [4.78, 5) is 4.33. The lowest BCUT2D eigenvalue weighted by Gasteiger charge is -2.07. The summed E-state index contributed by atoms with van der Waals surface area (Å²) in [6.07, 6.45) is -2.63. The number of alkyl halides is 3. The largest absolute Gasteiger partial charge is 0.416 e. The van der Waals surface area contributed by atoms with Gasteiger partial charge in [0.1, 0.15) is 0 Å². The molecule has 2 rings (SSSR count). The van der Waals surface area contributed by atoms with Crippen molar-refractivity contribution in [3.05, 3.63) is 35.7 Å². The van der Waals surface area contributed by atoms with Crippen LogP contribution in [0, 0.1) is 0 Å².